The third-order valence-corrected chi connectivity index (χ3v) is 1.45. The first-order chi connectivity index (χ1) is 6.26. The van der Waals surface area contributed by atoms with Gasteiger partial charge in [0, 0.05) is 13.1 Å². The Morgan fingerprint density at radius 3 is 1.44 bits per heavy atom. The van der Waals surface area contributed by atoms with Crippen LogP contribution in [-0.4, -0.2) is 28.0 Å². The van der Waals surface area contributed by atoms with E-state index in [4.69, 9.17) is 11.6 Å². The third-order valence-electron chi connectivity index (χ3n) is 1.28. The number of aromatic nitrogens is 3. The molecule has 0 aliphatic rings. The summed E-state index contributed by atoms with van der Waals surface area (Å²) in [6, 6.07) is 0. The van der Waals surface area contributed by atoms with Crippen LogP contribution in [0, 0.1) is 0 Å². The second-order valence-electron chi connectivity index (χ2n) is 2.31. The molecule has 1 heterocycles. The molecule has 5 nitrogen and oxygen atoms in total. The molecule has 0 unspecified atom stereocenters. The first-order valence-corrected chi connectivity index (χ1v) is 4.53. The average Bonchev–Trinajstić information content (AvgIpc) is 2.04. The molecule has 0 radical (unpaired) electrons. The van der Waals surface area contributed by atoms with E-state index >= 15 is 0 Å². The van der Waals surface area contributed by atoms with Crippen molar-refractivity contribution in [3.63, 3.8) is 0 Å². The molecule has 0 aromatic carbocycles. The van der Waals surface area contributed by atoms with E-state index in [2.05, 4.69) is 25.6 Å². The topological polar surface area (TPSA) is 62.7 Å². The zero-order valence-corrected chi connectivity index (χ0v) is 15.9. The van der Waals surface area contributed by atoms with Crippen molar-refractivity contribution in [3.05, 3.63) is 5.28 Å². The zero-order valence-electron chi connectivity index (χ0n) is 9.65. The molecule has 104 valence electrons. The van der Waals surface area contributed by atoms with Gasteiger partial charge in [-0.2, -0.15) is 15.0 Å². The van der Waals surface area contributed by atoms with E-state index in [1.165, 1.54) is 0 Å². The summed E-state index contributed by atoms with van der Waals surface area (Å²) in [5.41, 5.74) is 0. The van der Waals surface area contributed by atoms with Crippen molar-refractivity contribution in [2.24, 2.45) is 0 Å². The minimum absolute atomic E-state index is 0. The predicted molar refractivity (Wildman–Crippen MR) is 53.2 cm³/mol. The van der Waals surface area contributed by atoms with Crippen LogP contribution in [0.2, 0.25) is 5.28 Å². The standard InChI is InChI=1S/C7H12ClN5.4ClH.Zr/c1-3-9-6-11-5(8)12-7(13-6)10-4-2;;;;;/h3-4H2,1-2H3,(H2,9,10,11,12,13);4*1H;/q;;;;;+4/p-4. The van der Waals surface area contributed by atoms with Crippen LogP contribution in [0.5, 0.6) is 0 Å². The Morgan fingerprint density at radius 2 is 1.17 bits per heavy atom. The molecule has 0 aliphatic carbocycles. The Balaban J connectivity index is -0.000000113. The smallest absolute Gasteiger partial charge is 1.00 e. The summed E-state index contributed by atoms with van der Waals surface area (Å²) < 4.78 is 0. The van der Waals surface area contributed by atoms with Gasteiger partial charge in [0.2, 0.25) is 17.2 Å². The van der Waals surface area contributed by atoms with Gasteiger partial charge in [-0.05, 0) is 25.4 Å². The summed E-state index contributed by atoms with van der Waals surface area (Å²) in [5.74, 6) is 0.997. The fourth-order valence-electron chi connectivity index (χ4n) is 0.824. The maximum absolute atomic E-state index is 5.68. The minimum Gasteiger partial charge on any atom is -1.00 e. The number of rotatable bonds is 4. The molecule has 0 fully saturated rings. The molecule has 0 aliphatic heterocycles. The molecule has 1 aromatic rings. The van der Waals surface area contributed by atoms with Gasteiger partial charge in [0.15, 0.2) is 0 Å². The van der Waals surface area contributed by atoms with E-state index in [1.807, 2.05) is 13.8 Å². The maximum Gasteiger partial charge on any atom is 4.00 e. The summed E-state index contributed by atoms with van der Waals surface area (Å²) >= 11 is 5.68. The van der Waals surface area contributed by atoms with Crippen molar-refractivity contribution in [1.82, 2.24) is 15.0 Å². The van der Waals surface area contributed by atoms with Crippen molar-refractivity contribution in [2.45, 2.75) is 13.8 Å². The molecule has 18 heavy (non-hydrogen) atoms. The fourth-order valence-corrected chi connectivity index (χ4v) is 0.985. The van der Waals surface area contributed by atoms with Crippen LogP contribution >= 0.6 is 11.6 Å². The molecule has 1 aromatic heterocycles. The maximum atomic E-state index is 5.68. The molecule has 0 saturated heterocycles. The van der Waals surface area contributed by atoms with Crippen LogP contribution in [0.3, 0.4) is 0 Å². The van der Waals surface area contributed by atoms with Gasteiger partial charge < -0.3 is 60.3 Å². The van der Waals surface area contributed by atoms with Crippen LogP contribution in [0.4, 0.5) is 11.9 Å². The van der Waals surface area contributed by atoms with Gasteiger partial charge in [-0.3, -0.25) is 0 Å². The first-order valence-electron chi connectivity index (χ1n) is 4.15. The SMILES string of the molecule is CCNc1nc(Cl)nc(NCC)n1.[Cl-].[Cl-].[Cl-].[Cl-].[Zr+4]. The van der Waals surface area contributed by atoms with Gasteiger partial charge in [0.25, 0.3) is 0 Å². The van der Waals surface area contributed by atoms with Crippen molar-refractivity contribution in [2.75, 3.05) is 23.7 Å². The summed E-state index contributed by atoms with van der Waals surface area (Å²) in [7, 11) is 0. The van der Waals surface area contributed by atoms with Crippen molar-refractivity contribution < 1.29 is 75.8 Å². The van der Waals surface area contributed by atoms with E-state index < -0.39 is 0 Å². The van der Waals surface area contributed by atoms with Crippen LogP contribution in [-0.2, 0) is 26.2 Å². The summed E-state index contributed by atoms with van der Waals surface area (Å²) in [5, 5.41) is 6.12. The summed E-state index contributed by atoms with van der Waals surface area (Å²) in [4.78, 5) is 11.9. The Hall–Kier alpha value is 0.943. The third kappa shape index (κ3) is 12.0. The number of hydrogen-bond acceptors (Lipinski definition) is 5. The van der Waals surface area contributed by atoms with Crippen LogP contribution in [0.1, 0.15) is 13.8 Å². The number of nitrogens with zero attached hydrogens (tertiary/aromatic N) is 3. The van der Waals surface area contributed by atoms with Crippen LogP contribution in [0.25, 0.3) is 0 Å². The normalized spacial score (nSPS) is 7.06. The van der Waals surface area contributed by atoms with Crippen molar-refractivity contribution in [3.8, 4) is 0 Å². The number of anilines is 2. The molecular formula is C7H12Cl5N5Zr. The van der Waals surface area contributed by atoms with Crippen LogP contribution < -0.4 is 60.3 Å². The van der Waals surface area contributed by atoms with E-state index in [1.54, 1.807) is 0 Å². The van der Waals surface area contributed by atoms with Crippen LogP contribution in [0.15, 0.2) is 0 Å². The molecule has 0 bridgehead atoms. The largest absolute Gasteiger partial charge is 4.00 e. The monoisotopic (exact) mass is 431 g/mol. The van der Waals surface area contributed by atoms with E-state index in [9.17, 15) is 0 Å². The Bertz CT molecular complexity index is 269. The predicted octanol–water partition coefficient (Wildman–Crippen LogP) is -10.6. The average molecular weight is 435 g/mol. The van der Waals surface area contributed by atoms with Gasteiger partial charge in [-0.1, -0.05) is 0 Å². The molecule has 2 N–H and O–H groups in total. The van der Waals surface area contributed by atoms with E-state index in [-0.39, 0.29) is 81.1 Å². The molecule has 1 rings (SSSR count). The number of nitrogens with one attached hydrogen (secondary N) is 2. The summed E-state index contributed by atoms with van der Waals surface area (Å²) in [6.45, 7) is 5.44. The molecule has 0 amide bonds. The molecule has 11 heteroatoms. The quantitative estimate of drug-likeness (QED) is 0.493. The fraction of sp³-hybridized carbons (Fsp3) is 0.571. The zero-order chi connectivity index (χ0) is 9.68. The molecular weight excluding hydrogens is 423 g/mol. The van der Waals surface area contributed by atoms with Gasteiger partial charge in [-0.15, -0.1) is 0 Å². The number of hydrogen-bond donors (Lipinski definition) is 2. The van der Waals surface area contributed by atoms with E-state index in [0.29, 0.717) is 11.9 Å². The Kier molecular flexibility index (Phi) is 31.3. The molecule has 0 saturated carbocycles. The van der Waals surface area contributed by atoms with Crippen molar-refractivity contribution >= 4 is 23.5 Å². The van der Waals surface area contributed by atoms with Gasteiger partial charge >= 0.3 is 26.2 Å². The number of halogens is 5. The Morgan fingerprint density at radius 1 is 0.833 bits per heavy atom. The van der Waals surface area contributed by atoms with E-state index in [0.717, 1.165) is 13.1 Å². The summed E-state index contributed by atoms with van der Waals surface area (Å²) in [6.07, 6.45) is 0. The first kappa shape index (κ1) is 31.4. The molecule has 0 spiro atoms. The van der Waals surface area contributed by atoms with Gasteiger partial charge in [0.1, 0.15) is 0 Å². The van der Waals surface area contributed by atoms with Crippen molar-refractivity contribution in [1.29, 1.82) is 0 Å². The second-order valence-corrected chi connectivity index (χ2v) is 2.65. The second kappa shape index (κ2) is 17.9. The molecule has 0 atom stereocenters. The van der Waals surface area contributed by atoms with Gasteiger partial charge in [-0.25, -0.2) is 0 Å². The Labute approximate surface area is 156 Å². The van der Waals surface area contributed by atoms with Gasteiger partial charge in [0.05, 0.1) is 0 Å². The minimum atomic E-state index is 0.